The van der Waals surface area contributed by atoms with E-state index in [1.54, 1.807) is 12.1 Å². The van der Waals surface area contributed by atoms with Gasteiger partial charge in [-0.3, -0.25) is 0 Å². The minimum Gasteiger partial charge on any atom is -0.378 e. The maximum absolute atomic E-state index is 13.7. The molecule has 2 nitrogen and oxygen atoms in total. The number of nitrogens with one attached hydrogen (secondary N) is 1. The number of halogens is 1. The van der Waals surface area contributed by atoms with Crippen molar-refractivity contribution in [3.63, 3.8) is 0 Å². The van der Waals surface area contributed by atoms with E-state index in [9.17, 15) is 4.39 Å². The van der Waals surface area contributed by atoms with Gasteiger partial charge in [0.25, 0.3) is 0 Å². The summed E-state index contributed by atoms with van der Waals surface area (Å²) in [5, 5.41) is 3.55. The first-order valence-electron chi connectivity index (χ1n) is 7.42. The van der Waals surface area contributed by atoms with Crippen LogP contribution in [0.5, 0.6) is 0 Å². The lowest BCUT2D eigenvalue weighted by Crippen LogP contribution is -2.18. The molecule has 0 heterocycles. The molecular weight excluding hydrogens is 263 g/mol. The van der Waals surface area contributed by atoms with Crippen molar-refractivity contribution in [2.24, 2.45) is 0 Å². The SMILES string of the molecule is CN(C)c1ccc(CNC2CCc3c(F)cccc32)cc1. The Labute approximate surface area is 125 Å². The average molecular weight is 284 g/mol. The van der Waals surface area contributed by atoms with Crippen molar-refractivity contribution >= 4 is 5.69 Å². The summed E-state index contributed by atoms with van der Waals surface area (Å²) in [5.74, 6) is -0.0628. The minimum atomic E-state index is -0.0628. The number of anilines is 1. The van der Waals surface area contributed by atoms with E-state index in [-0.39, 0.29) is 11.9 Å². The Morgan fingerprint density at radius 3 is 2.62 bits per heavy atom. The van der Waals surface area contributed by atoms with Crippen LogP contribution in [0.25, 0.3) is 0 Å². The van der Waals surface area contributed by atoms with E-state index in [1.165, 1.54) is 11.3 Å². The number of rotatable bonds is 4. The van der Waals surface area contributed by atoms with Crippen molar-refractivity contribution in [3.8, 4) is 0 Å². The standard InChI is InChI=1S/C18H21FN2/c1-21(2)14-8-6-13(7-9-14)12-20-18-11-10-15-16(18)4-3-5-17(15)19/h3-9,18,20H,10-12H2,1-2H3. The Morgan fingerprint density at radius 1 is 1.14 bits per heavy atom. The Morgan fingerprint density at radius 2 is 1.90 bits per heavy atom. The van der Waals surface area contributed by atoms with Gasteiger partial charge < -0.3 is 10.2 Å². The molecule has 0 fully saturated rings. The maximum Gasteiger partial charge on any atom is 0.126 e. The molecule has 1 unspecified atom stereocenters. The molecule has 1 aliphatic carbocycles. The average Bonchev–Trinajstić information content (AvgIpc) is 2.90. The zero-order chi connectivity index (χ0) is 14.8. The molecule has 0 spiro atoms. The summed E-state index contributed by atoms with van der Waals surface area (Å²) in [6.45, 7) is 0.814. The second kappa shape index (κ2) is 5.86. The van der Waals surface area contributed by atoms with Crippen LogP contribution in [0, 0.1) is 5.82 Å². The zero-order valence-electron chi connectivity index (χ0n) is 12.6. The number of hydrogen-bond acceptors (Lipinski definition) is 2. The topological polar surface area (TPSA) is 15.3 Å². The molecule has 1 N–H and O–H groups in total. The van der Waals surface area contributed by atoms with Crippen LogP contribution in [0.4, 0.5) is 10.1 Å². The summed E-state index contributed by atoms with van der Waals surface area (Å²) >= 11 is 0. The molecule has 0 radical (unpaired) electrons. The molecule has 3 heteroatoms. The zero-order valence-corrected chi connectivity index (χ0v) is 12.6. The summed E-state index contributed by atoms with van der Waals surface area (Å²) in [6.07, 6.45) is 1.81. The van der Waals surface area contributed by atoms with Gasteiger partial charge in [-0.05, 0) is 47.7 Å². The van der Waals surface area contributed by atoms with Gasteiger partial charge in [0.05, 0.1) is 0 Å². The first-order valence-corrected chi connectivity index (χ1v) is 7.42. The van der Waals surface area contributed by atoms with Crippen LogP contribution in [0.15, 0.2) is 42.5 Å². The lowest BCUT2D eigenvalue weighted by molar-refractivity contribution is 0.530. The summed E-state index contributed by atoms with van der Waals surface area (Å²) < 4.78 is 13.7. The fraction of sp³-hybridized carbons (Fsp3) is 0.333. The van der Waals surface area contributed by atoms with Gasteiger partial charge >= 0.3 is 0 Å². The highest BCUT2D eigenvalue weighted by atomic mass is 19.1. The predicted molar refractivity (Wildman–Crippen MR) is 85.1 cm³/mol. The summed E-state index contributed by atoms with van der Waals surface area (Å²) in [5.41, 5.74) is 4.47. The molecule has 0 saturated carbocycles. The molecule has 0 amide bonds. The number of hydrogen-bond donors (Lipinski definition) is 1. The monoisotopic (exact) mass is 284 g/mol. The van der Waals surface area contributed by atoms with Gasteiger partial charge in [-0.1, -0.05) is 24.3 Å². The normalized spacial score (nSPS) is 16.8. The Kier molecular flexibility index (Phi) is 3.93. The largest absolute Gasteiger partial charge is 0.378 e. The van der Waals surface area contributed by atoms with E-state index in [4.69, 9.17) is 0 Å². The number of benzene rings is 2. The number of nitrogens with zero attached hydrogens (tertiary/aromatic N) is 1. The Balaban J connectivity index is 1.66. The van der Waals surface area contributed by atoms with Gasteiger partial charge in [0.15, 0.2) is 0 Å². The van der Waals surface area contributed by atoms with Crippen LogP contribution in [0.3, 0.4) is 0 Å². The third-order valence-corrected chi connectivity index (χ3v) is 4.22. The predicted octanol–water partition coefficient (Wildman–Crippen LogP) is 3.67. The van der Waals surface area contributed by atoms with Crippen molar-refractivity contribution in [1.82, 2.24) is 5.32 Å². The van der Waals surface area contributed by atoms with Crippen molar-refractivity contribution in [3.05, 3.63) is 65.0 Å². The maximum atomic E-state index is 13.7. The van der Waals surface area contributed by atoms with Crippen molar-refractivity contribution in [2.45, 2.75) is 25.4 Å². The van der Waals surface area contributed by atoms with Gasteiger partial charge in [0.2, 0.25) is 0 Å². The highest BCUT2D eigenvalue weighted by Gasteiger charge is 2.24. The Bertz CT molecular complexity index is 620. The van der Waals surface area contributed by atoms with Gasteiger partial charge in [0.1, 0.15) is 5.82 Å². The number of fused-ring (bicyclic) bond motifs is 1. The van der Waals surface area contributed by atoms with Crippen LogP contribution in [-0.4, -0.2) is 14.1 Å². The molecule has 0 saturated heterocycles. The summed E-state index contributed by atoms with van der Waals surface area (Å²) in [4.78, 5) is 2.09. The van der Waals surface area contributed by atoms with E-state index >= 15 is 0 Å². The second-order valence-electron chi connectivity index (χ2n) is 5.84. The summed E-state index contributed by atoms with van der Waals surface area (Å²) in [6, 6.07) is 14.2. The van der Waals surface area contributed by atoms with E-state index in [2.05, 4.69) is 34.5 Å². The molecule has 0 aromatic heterocycles. The molecule has 2 aromatic carbocycles. The van der Waals surface area contributed by atoms with Crippen LogP contribution in [0.2, 0.25) is 0 Å². The fourth-order valence-corrected chi connectivity index (χ4v) is 2.97. The van der Waals surface area contributed by atoms with E-state index in [0.717, 1.165) is 30.5 Å². The van der Waals surface area contributed by atoms with Crippen LogP contribution >= 0.6 is 0 Å². The first-order chi connectivity index (χ1) is 10.1. The van der Waals surface area contributed by atoms with E-state index in [0.29, 0.717) is 0 Å². The first kappa shape index (κ1) is 14.1. The van der Waals surface area contributed by atoms with Gasteiger partial charge in [0, 0.05) is 32.4 Å². The fourth-order valence-electron chi connectivity index (χ4n) is 2.97. The quantitative estimate of drug-likeness (QED) is 0.921. The Hall–Kier alpha value is -1.87. The smallest absolute Gasteiger partial charge is 0.126 e. The molecule has 0 bridgehead atoms. The molecule has 110 valence electrons. The lowest BCUT2D eigenvalue weighted by Gasteiger charge is -2.16. The van der Waals surface area contributed by atoms with Crippen molar-refractivity contribution < 1.29 is 4.39 Å². The van der Waals surface area contributed by atoms with Crippen LogP contribution in [-0.2, 0) is 13.0 Å². The molecule has 1 aliphatic rings. The lowest BCUT2D eigenvalue weighted by atomic mass is 10.1. The van der Waals surface area contributed by atoms with E-state index < -0.39 is 0 Å². The molecule has 0 aliphatic heterocycles. The highest BCUT2D eigenvalue weighted by Crippen LogP contribution is 2.32. The molecular formula is C18H21FN2. The third kappa shape index (κ3) is 2.93. The van der Waals surface area contributed by atoms with Gasteiger partial charge in [-0.25, -0.2) is 4.39 Å². The van der Waals surface area contributed by atoms with Crippen molar-refractivity contribution in [2.75, 3.05) is 19.0 Å². The van der Waals surface area contributed by atoms with Crippen LogP contribution < -0.4 is 10.2 Å². The summed E-state index contributed by atoms with van der Waals surface area (Å²) in [7, 11) is 4.08. The molecule has 21 heavy (non-hydrogen) atoms. The van der Waals surface area contributed by atoms with Gasteiger partial charge in [-0.15, -0.1) is 0 Å². The molecule has 2 aromatic rings. The third-order valence-electron chi connectivity index (χ3n) is 4.22. The van der Waals surface area contributed by atoms with Gasteiger partial charge in [-0.2, -0.15) is 0 Å². The minimum absolute atomic E-state index is 0.0628. The van der Waals surface area contributed by atoms with Crippen molar-refractivity contribution in [1.29, 1.82) is 0 Å². The van der Waals surface area contributed by atoms with E-state index in [1.807, 2.05) is 20.2 Å². The molecule has 3 rings (SSSR count). The molecule has 1 atom stereocenters. The van der Waals surface area contributed by atoms with Crippen LogP contribution in [0.1, 0.15) is 29.2 Å². The highest BCUT2D eigenvalue weighted by molar-refractivity contribution is 5.46. The second-order valence-corrected chi connectivity index (χ2v) is 5.84.